The monoisotopic (exact) mass is 390 g/mol. The van der Waals surface area contributed by atoms with E-state index in [9.17, 15) is 4.79 Å². The molecule has 0 atom stereocenters. The zero-order chi connectivity index (χ0) is 17.9. The quantitative estimate of drug-likeness (QED) is 0.673. The van der Waals surface area contributed by atoms with Crippen LogP contribution in [-0.2, 0) is 12.8 Å². The number of benzene rings is 1. The molecule has 0 aliphatic rings. The van der Waals surface area contributed by atoms with Crippen molar-refractivity contribution in [2.45, 2.75) is 40.5 Å². The zero-order valence-electron chi connectivity index (χ0n) is 14.6. The fraction of sp³-hybridized carbons (Fsp3) is 0.368. The number of carbonyl (C=O) groups is 1. The molecule has 1 aromatic heterocycles. The van der Waals surface area contributed by atoms with Gasteiger partial charge in [0.25, 0.3) is 5.91 Å². The summed E-state index contributed by atoms with van der Waals surface area (Å²) >= 11 is 3.48. The second-order valence-electron chi connectivity index (χ2n) is 6.00. The van der Waals surface area contributed by atoms with Gasteiger partial charge in [-0.1, -0.05) is 25.1 Å². The molecule has 0 amide bonds. The fourth-order valence-corrected chi connectivity index (χ4v) is 3.10. The first-order valence-corrected chi connectivity index (χ1v) is 8.76. The lowest BCUT2D eigenvalue weighted by Gasteiger charge is -2.09. The van der Waals surface area contributed by atoms with E-state index in [-0.39, 0.29) is 12.5 Å². The first kappa shape index (κ1) is 18.5. The lowest BCUT2D eigenvalue weighted by Crippen LogP contribution is -2.22. The van der Waals surface area contributed by atoms with Crippen LogP contribution in [0.3, 0.4) is 0 Å². The molecule has 24 heavy (non-hydrogen) atoms. The van der Waals surface area contributed by atoms with Crippen molar-refractivity contribution in [3.63, 3.8) is 0 Å². The summed E-state index contributed by atoms with van der Waals surface area (Å²) in [5, 5.41) is 4.36. The largest absolute Gasteiger partial charge is 0.483 e. The van der Waals surface area contributed by atoms with Crippen molar-refractivity contribution < 1.29 is 9.53 Å². The van der Waals surface area contributed by atoms with Gasteiger partial charge in [0.05, 0.1) is 10.2 Å². The van der Waals surface area contributed by atoms with Gasteiger partial charge in [-0.25, -0.2) is 4.68 Å². The van der Waals surface area contributed by atoms with E-state index in [4.69, 9.17) is 4.74 Å². The molecule has 5 heteroatoms. The summed E-state index contributed by atoms with van der Waals surface area (Å²) in [6.45, 7) is 11.8. The molecule has 0 fully saturated rings. The molecule has 2 aromatic rings. The number of halogens is 1. The van der Waals surface area contributed by atoms with Gasteiger partial charge in [-0.2, -0.15) is 5.10 Å². The number of carbonyl (C=O) groups excluding carboxylic acids is 1. The van der Waals surface area contributed by atoms with E-state index in [0.717, 1.165) is 39.8 Å². The van der Waals surface area contributed by atoms with Crippen molar-refractivity contribution in [3.05, 3.63) is 57.3 Å². The number of rotatable bonds is 6. The van der Waals surface area contributed by atoms with Crippen LogP contribution >= 0.6 is 15.9 Å². The average molecular weight is 391 g/mol. The molecule has 0 radical (unpaired) electrons. The van der Waals surface area contributed by atoms with Crippen LogP contribution in [0.1, 0.15) is 41.2 Å². The van der Waals surface area contributed by atoms with Gasteiger partial charge in [-0.3, -0.25) is 4.79 Å². The minimum absolute atomic E-state index is 0.0570. The number of aromatic nitrogens is 2. The predicted octanol–water partition coefficient (Wildman–Crippen LogP) is 4.66. The Morgan fingerprint density at radius 3 is 2.67 bits per heavy atom. The highest BCUT2D eigenvalue weighted by atomic mass is 79.9. The summed E-state index contributed by atoms with van der Waals surface area (Å²) in [7, 11) is 0. The predicted molar refractivity (Wildman–Crippen MR) is 99.9 cm³/mol. The minimum Gasteiger partial charge on any atom is -0.483 e. The number of nitrogens with zero attached hydrogens (tertiary/aromatic N) is 2. The molecule has 0 bridgehead atoms. The lowest BCUT2D eigenvalue weighted by atomic mass is 10.1. The van der Waals surface area contributed by atoms with Crippen LogP contribution in [0.5, 0.6) is 5.75 Å². The molecule has 4 nitrogen and oxygen atoms in total. The molecular weight excluding hydrogens is 368 g/mol. The van der Waals surface area contributed by atoms with Crippen LogP contribution in [0, 0.1) is 13.8 Å². The highest BCUT2D eigenvalue weighted by Crippen LogP contribution is 2.26. The van der Waals surface area contributed by atoms with Crippen LogP contribution in [-0.4, -0.2) is 22.3 Å². The second-order valence-corrected chi connectivity index (χ2v) is 6.85. The number of allylic oxidation sites excluding steroid dienone is 1. The van der Waals surface area contributed by atoms with E-state index in [2.05, 4.69) is 34.5 Å². The van der Waals surface area contributed by atoms with E-state index in [1.807, 2.05) is 39.0 Å². The maximum absolute atomic E-state index is 12.5. The van der Waals surface area contributed by atoms with Crippen molar-refractivity contribution in [1.29, 1.82) is 0 Å². The van der Waals surface area contributed by atoms with Crippen molar-refractivity contribution in [2.75, 3.05) is 6.61 Å². The Labute approximate surface area is 151 Å². The van der Waals surface area contributed by atoms with Gasteiger partial charge < -0.3 is 4.74 Å². The maximum atomic E-state index is 12.5. The van der Waals surface area contributed by atoms with Crippen molar-refractivity contribution in [1.82, 2.24) is 9.78 Å². The number of aryl methyl sites for hydroxylation is 2. The van der Waals surface area contributed by atoms with Gasteiger partial charge in [-0.15, -0.1) is 0 Å². The summed E-state index contributed by atoms with van der Waals surface area (Å²) in [4.78, 5) is 12.5. The number of ether oxygens (including phenoxy) is 1. The van der Waals surface area contributed by atoms with Crippen LogP contribution in [0.4, 0.5) is 0 Å². The van der Waals surface area contributed by atoms with E-state index < -0.39 is 0 Å². The van der Waals surface area contributed by atoms with Crippen LogP contribution in [0.25, 0.3) is 0 Å². The molecule has 128 valence electrons. The molecule has 0 aliphatic heterocycles. The normalized spacial score (nSPS) is 10.7. The van der Waals surface area contributed by atoms with Crippen molar-refractivity contribution in [3.8, 4) is 5.75 Å². The summed E-state index contributed by atoms with van der Waals surface area (Å²) in [6.07, 6.45) is 1.69. The molecule has 0 spiro atoms. The van der Waals surface area contributed by atoms with E-state index in [1.54, 1.807) is 0 Å². The van der Waals surface area contributed by atoms with Crippen LogP contribution in [0.2, 0.25) is 0 Å². The first-order chi connectivity index (χ1) is 11.3. The third kappa shape index (κ3) is 4.15. The summed E-state index contributed by atoms with van der Waals surface area (Å²) in [5.74, 6) is 0.472. The Balaban J connectivity index is 2.12. The number of hydrogen-bond donors (Lipinski definition) is 0. The van der Waals surface area contributed by atoms with Crippen molar-refractivity contribution >= 4 is 21.8 Å². The Bertz CT molecular complexity index is 778. The molecule has 0 aliphatic carbocycles. The average Bonchev–Trinajstić information content (AvgIpc) is 2.81. The van der Waals surface area contributed by atoms with Crippen molar-refractivity contribution in [2.24, 2.45) is 0 Å². The van der Waals surface area contributed by atoms with Gasteiger partial charge in [-0.05, 0) is 67.2 Å². The minimum atomic E-state index is -0.185. The Hall–Kier alpha value is -1.88. The van der Waals surface area contributed by atoms with Crippen LogP contribution in [0.15, 0.2) is 34.8 Å². The molecule has 0 N–H and O–H groups in total. The van der Waals surface area contributed by atoms with Crippen LogP contribution < -0.4 is 4.74 Å². The molecule has 1 aromatic carbocycles. The maximum Gasteiger partial charge on any atom is 0.284 e. The Morgan fingerprint density at radius 2 is 2.08 bits per heavy atom. The molecule has 0 saturated heterocycles. The second kappa shape index (κ2) is 7.79. The first-order valence-electron chi connectivity index (χ1n) is 7.97. The highest BCUT2D eigenvalue weighted by Gasteiger charge is 2.17. The third-order valence-electron chi connectivity index (χ3n) is 3.91. The molecule has 0 saturated carbocycles. The van der Waals surface area contributed by atoms with E-state index in [0.29, 0.717) is 5.75 Å². The van der Waals surface area contributed by atoms with Gasteiger partial charge in [0.15, 0.2) is 6.61 Å². The summed E-state index contributed by atoms with van der Waals surface area (Å²) in [5.41, 5.74) is 5.03. The molecule has 2 rings (SSSR count). The Morgan fingerprint density at radius 1 is 1.38 bits per heavy atom. The summed E-state index contributed by atoms with van der Waals surface area (Å²) in [6, 6.07) is 5.89. The highest BCUT2D eigenvalue weighted by molar-refractivity contribution is 9.10. The van der Waals surface area contributed by atoms with Gasteiger partial charge >= 0.3 is 0 Å². The molecular formula is C19H23BrN2O2. The van der Waals surface area contributed by atoms with Gasteiger partial charge in [0.1, 0.15) is 5.75 Å². The molecule has 1 heterocycles. The topological polar surface area (TPSA) is 44.1 Å². The zero-order valence-corrected chi connectivity index (χ0v) is 16.2. The number of hydrogen-bond acceptors (Lipinski definition) is 3. The standard InChI is InChI=1S/C19H23BrN2O2/c1-6-15-7-8-18(17(20)10-15)24-11-19(23)22-14(5)16(9-12(2)3)13(4)21-22/h7-8,10H,2,6,9,11H2,1,3-5H3. The molecule has 0 unspecified atom stereocenters. The lowest BCUT2D eigenvalue weighted by molar-refractivity contribution is 0.0817. The fourth-order valence-electron chi connectivity index (χ4n) is 2.56. The van der Waals surface area contributed by atoms with E-state index in [1.165, 1.54) is 10.2 Å². The third-order valence-corrected chi connectivity index (χ3v) is 4.53. The SMILES string of the molecule is C=C(C)Cc1c(C)nn(C(=O)COc2ccc(CC)cc2Br)c1C. The smallest absolute Gasteiger partial charge is 0.284 e. The Kier molecular flexibility index (Phi) is 5.99. The van der Waals surface area contributed by atoms with Gasteiger partial charge in [0, 0.05) is 11.3 Å². The van der Waals surface area contributed by atoms with Gasteiger partial charge in [0.2, 0.25) is 0 Å². The summed E-state index contributed by atoms with van der Waals surface area (Å²) < 4.78 is 7.95. The van der Waals surface area contributed by atoms with E-state index >= 15 is 0 Å².